The number of hydrogen-bond acceptors (Lipinski definition) is 7. The van der Waals surface area contributed by atoms with E-state index in [2.05, 4.69) is 0 Å². The van der Waals surface area contributed by atoms with Gasteiger partial charge in [0.05, 0.1) is 21.4 Å². The summed E-state index contributed by atoms with van der Waals surface area (Å²) in [6.07, 6.45) is 1.56. The molecule has 36 heavy (non-hydrogen) atoms. The minimum Gasteiger partial charge on any atom is -0.492 e. The zero-order valence-corrected chi connectivity index (χ0v) is 20.1. The number of amides is 2. The second kappa shape index (κ2) is 11.2. The summed E-state index contributed by atoms with van der Waals surface area (Å²) >= 11 is 7.13. The van der Waals surface area contributed by atoms with Crippen molar-refractivity contribution < 1.29 is 28.4 Å². The lowest BCUT2D eigenvalue weighted by Gasteiger charge is -2.13. The van der Waals surface area contributed by atoms with E-state index < -0.39 is 16.1 Å². The van der Waals surface area contributed by atoms with E-state index in [0.717, 1.165) is 16.7 Å². The van der Waals surface area contributed by atoms with E-state index in [0.29, 0.717) is 22.6 Å². The molecule has 184 valence electrons. The molecule has 0 bridgehead atoms. The quantitative estimate of drug-likeness (QED) is 0.188. The van der Waals surface area contributed by atoms with Gasteiger partial charge in [0.25, 0.3) is 16.8 Å². The van der Waals surface area contributed by atoms with Crippen LogP contribution in [-0.2, 0) is 11.4 Å². The molecule has 0 spiro atoms. The highest BCUT2D eigenvalue weighted by Gasteiger charge is 2.34. The first-order chi connectivity index (χ1) is 17.3. The number of imide groups is 1. The molecule has 0 aliphatic carbocycles. The first-order valence-electron chi connectivity index (χ1n) is 10.6. The Kier molecular flexibility index (Phi) is 7.87. The number of rotatable bonds is 9. The van der Waals surface area contributed by atoms with E-state index in [9.17, 15) is 24.1 Å². The summed E-state index contributed by atoms with van der Waals surface area (Å²) in [6, 6.07) is 16.4. The Hall–Kier alpha value is -3.89. The second-order valence-electron chi connectivity index (χ2n) is 7.54. The van der Waals surface area contributed by atoms with Crippen molar-refractivity contribution in [1.82, 2.24) is 4.90 Å². The maximum Gasteiger partial charge on any atom is 0.293 e. The zero-order chi connectivity index (χ0) is 25.7. The van der Waals surface area contributed by atoms with Gasteiger partial charge in [0.2, 0.25) is 0 Å². The number of nitrogens with zero attached hydrogens (tertiary/aromatic N) is 2. The molecule has 0 saturated carbocycles. The van der Waals surface area contributed by atoms with Crippen LogP contribution in [-0.4, -0.2) is 34.1 Å². The molecule has 8 nitrogen and oxygen atoms in total. The van der Waals surface area contributed by atoms with Gasteiger partial charge in [-0.25, -0.2) is 4.39 Å². The molecule has 0 unspecified atom stereocenters. The van der Waals surface area contributed by atoms with Crippen LogP contribution in [0.25, 0.3) is 6.08 Å². The molecule has 1 aliphatic rings. The van der Waals surface area contributed by atoms with Crippen molar-refractivity contribution >= 4 is 46.3 Å². The van der Waals surface area contributed by atoms with Crippen LogP contribution < -0.4 is 9.47 Å². The molecule has 1 aliphatic heterocycles. The molecule has 1 saturated heterocycles. The van der Waals surface area contributed by atoms with Crippen molar-refractivity contribution in [2.75, 3.05) is 13.2 Å². The Labute approximate surface area is 214 Å². The first kappa shape index (κ1) is 25.2. The van der Waals surface area contributed by atoms with Crippen molar-refractivity contribution in [1.29, 1.82) is 0 Å². The van der Waals surface area contributed by atoms with Gasteiger partial charge in [-0.2, -0.15) is 0 Å². The second-order valence-corrected chi connectivity index (χ2v) is 8.94. The van der Waals surface area contributed by atoms with Crippen molar-refractivity contribution in [3.63, 3.8) is 0 Å². The lowest BCUT2D eigenvalue weighted by molar-refractivity contribution is -0.384. The van der Waals surface area contributed by atoms with Crippen LogP contribution in [0.5, 0.6) is 11.5 Å². The van der Waals surface area contributed by atoms with E-state index in [-0.39, 0.29) is 41.2 Å². The van der Waals surface area contributed by atoms with Crippen molar-refractivity contribution in [3.05, 3.63) is 104 Å². The number of carbonyl (C=O) groups excluding carboxylic acids is 2. The van der Waals surface area contributed by atoms with Gasteiger partial charge in [0.1, 0.15) is 30.5 Å². The van der Waals surface area contributed by atoms with Crippen LogP contribution in [0.1, 0.15) is 11.1 Å². The molecule has 3 aromatic rings. The van der Waals surface area contributed by atoms with E-state index in [1.54, 1.807) is 36.4 Å². The number of halogens is 2. The Bertz CT molecular complexity index is 1350. The summed E-state index contributed by atoms with van der Waals surface area (Å²) < 4.78 is 24.1. The smallest absolute Gasteiger partial charge is 0.293 e. The summed E-state index contributed by atoms with van der Waals surface area (Å²) in [5.74, 6) is -0.0387. The first-order valence-corrected chi connectivity index (χ1v) is 11.8. The average Bonchev–Trinajstić information content (AvgIpc) is 3.12. The molecule has 1 heterocycles. The summed E-state index contributed by atoms with van der Waals surface area (Å²) in [5, 5.41) is 10.8. The summed E-state index contributed by atoms with van der Waals surface area (Å²) in [4.78, 5) is 36.8. The third-order valence-corrected chi connectivity index (χ3v) is 6.24. The Balaban J connectivity index is 1.36. The van der Waals surface area contributed by atoms with Gasteiger partial charge in [0.15, 0.2) is 0 Å². The number of nitro groups is 1. The summed E-state index contributed by atoms with van der Waals surface area (Å²) in [5.41, 5.74) is 1.17. The third-order valence-electron chi connectivity index (χ3n) is 5.04. The van der Waals surface area contributed by atoms with Crippen molar-refractivity contribution in [2.24, 2.45) is 0 Å². The summed E-state index contributed by atoms with van der Waals surface area (Å²) in [6.45, 7) is 0.198. The lowest BCUT2D eigenvalue weighted by atomic mass is 10.2. The predicted molar refractivity (Wildman–Crippen MR) is 133 cm³/mol. The highest BCUT2D eigenvalue weighted by molar-refractivity contribution is 8.18. The topological polar surface area (TPSA) is 99.0 Å². The highest BCUT2D eigenvalue weighted by Crippen LogP contribution is 2.34. The van der Waals surface area contributed by atoms with Gasteiger partial charge in [0, 0.05) is 12.1 Å². The minimum atomic E-state index is -0.481. The molecule has 0 radical (unpaired) electrons. The zero-order valence-electron chi connectivity index (χ0n) is 18.6. The van der Waals surface area contributed by atoms with E-state index in [4.69, 9.17) is 21.1 Å². The molecule has 0 N–H and O–H groups in total. The highest BCUT2D eigenvalue weighted by atomic mass is 35.5. The Morgan fingerprint density at radius 2 is 1.83 bits per heavy atom. The molecule has 4 rings (SSSR count). The molecular formula is C25H18ClFN2O6S. The standard InChI is InChI=1S/C25H18ClFN2O6S/c26-21-13-16(4-9-22(21)35-15-17-2-1-3-19(12-17)29(32)33)14-23-24(30)28(25(31)36-23)10-11-34-20-7-5-18(27)6-8-20/h1-9,12-14H,10-11,15H2/b23-14-. The van der Waals surface area contributed by atoms with Crippen LogP contribution in [0.2, 0.25) is 5.02 Å². The van der Waals surface area contributed by atoms with Crippen LogP contribution >= 0.6 is 23.4 Å². The van der Waals surface area contributed by atoms with Gasteiger partial charge in [-0.15, -0.1) is 0 Å². The van der Waals surface area contributed by atoms with Crippen molar-refractivity contribution in [2.45, 2.75) is 6.61 Å². The van der Waals surface area contributed by atoms with Gasteiger partial charge < -0.3 is 9.47 Å². The largest absolute Gasteiger partial charge is 0.492 e. The van der Waals surface area contributed by atoms with Gasteiger partial charge >= 0.3 is 0 Å². The maximum absolute atomic E-state index is 13.0. The molecule has 11 heteroatoms. The maximum atomic E-state index is 13.0. The number of non-ortho nitro benzene ring substituents is 1. The molecule has 0 atom stereocenters. The Morgan fingerprint density at radius 3 is 2.56 bits per heavy atom. The number of thioether (sulfide) groups is 1. The summed E-state index contributed by atoms with van der Waals surface area (Å²) in [7, 11) is 0. The van der Waals surface area contributed by atoms with Crippen LogP contribution in [0.15, 0.2) is 71.6 Å². The third kappa shape index (κ3) is 6.21. The minimum absolute atomic E-state index is 0.0338. The molecule has 1 fully saturated rings. The Morgan fingerprint density at radius 1 is 1.06 bits per heavy atom. The average molecular weight is 529 g/mol. The SMILES string of the molecule is O=C1S/C(=C\c2ccc(OCc3cccc([N+](=O)[O-])c3)c(Cl)c2)C(=O)N1CCOc1ccc(F)cc1. The van der Waals surface area contributed by atoms with Gasteiger partial charge in [-0.05, 0) is 65.4 Å². The number of hydrogen-bond donors (Lipinski definition) is 0. The number of carbonyl (C=O) groups is 2. The number of nitro benzene ring substituents is 1. The van der Waals surface area contributed by atoms with E-state index >= 15 is 0 Å². The fraction of sp³-hybridized carbons (Fsp3) is 0.120. The van der Waals surface area contributed by atoms with E-state index in [1.807, 2.05) is 0 Å². The fourth-order valence-electron chi connectivity index (χ4n) is 3.27. The van der Waals surface area contributed by atoms with E-state index in [1.165, 1.54) is 36.4 Å². The molecule has 2 amide bonds. The predicted octanol–water partition coefficient (Wildman–Crippen LogP) is 6.08. The number of ether oxygens (including phenoxy) is 2. The van der Waals surface area contributed by atoms with Crippen molar-refractivity contribution in [3.8, 4) is 11.5 Å². The molecule has 0 aromatic heterocycles. The van der Waals surface area contributed by atoms with Crippen LogP contribution in [0.4, 0.5) is 14.9 Å². The monoisotopic (exact) mass is 528 g/mol. The van der Waals surface area contributed by atoms with Crippen LogP contribution in [0.3, 0.4) is 0 Å². The lowest BCUT2D eigenvalue weighted by Crippen LogP contribution is -2.32. The fourth-order valence-corrected chi connectivity index (χ4v) is 4.38. The van der Waals surface area contributed by atoms with Gasteiger partial charge in [-0.1, -0.05) is 29.8 Å². The molecular weight excluding hydrogens is 511 g/mol. The molecule has 3 aromatic carbocycles. The normalized spacial score (nSPS) is 14.4. The van der Waals surface area contributed by atoms with Gasteiger partial charge in [-0.3, -0.25) is 24.6 Å². The van der Waals surface area contributed by atoms with Crippen LogP contribution in [0, 0.1) is 15.9 Å². The number of benzene rings is 3.